The molecule has 2 aliphatic heterocycles. The highest BCUT2D eigenvalue weighted by atomic mass is 32.2. The lowest BCUT2D eigenvalue weighted by atomic mass is 10.1. The third kappa shape index (κ3) is 5.52. The van der Waals surface area contributed by atoms with E-state index in [1.165, 1.54) is 26.0 Å². The van der Waals surface area contributed by atoms with Gasteiger partial charge in [0.1, 0.15) is 24.8 Å². The topological polar surface area (TPSA) is 106 Å². The van der Waals surface area contributed by atoms with Crippen LogP contribution in [0.15, 0.2) is 51.4 Å². The lowest BCUT2D eigenvalue weighted by molar-refractivity contribution is -0.114. The van der Waals surface area contributed by atoms with Crippen LogP contribution in [-0.2, 0) is 4.79 Å². The van der Waals surface area contributed by atoms with Crippen molar-refractivity contribution in [2.45, 2.75) is 13.8 Å². The molecule has 0 aromatic heterocycles. The number of benzene rings is 2. The van der Waals surface area contributed by atoms with Gasteiger partial charge in [-0.15, -0.1) is 0 Å². The Morgan fingerprint density at radius 2 is 1.83 bits per heavy atom. The van der Waals surface area contributed by atoms with Crippen LogP contribution in [0.1, 0.15) is 18.1 Å². The van der Waals surface area contributed by atoms with Gasteiger partial charge in [0.15, 0.2) is 16.7 Å². The van der Waals surface area contributed by atoms with Gasteiger partial charge in [-0.3, -0.25) is 10.2 Å². The number of carbonyl (C=O) groups excluding carboxylic acids is 1. The molecule has 2 aliphatic rings. The first-order valence-electron chi connectivity index (χ1n) is 11.1. The number of nitrogens with one attached hydrogen (secondary N) is 1. The predicted molar refractivity (Wildman–Crippen MR) is 145 cm³/mol. The van der Waals surface area contributed by atoms with E-state index < -0.39 is 5.91 Å². The highest BCUT2D eigenvalue weighted by Crippen LogP contribution is 2.40. The molecule has 11 heteroatoms. The van der Waals surface area contributed by atoms with Crippen LogP contribution < -0.4 is 18.9 Å². The van der Waals surface area contributed by atoms with Crippen molar-refractivity contribution in [3.63, 3.8) is 0 Å². The van der Waals surface area contributed by atoms with E-state index in [4.69, 9.17) is 24.4 Å². The number of carbonyl (C=O) groups is 1. The Balaban J connectivity index is 1.53. The van der Waals surface area contributed by atoms with Crippen molar-refractivity contribution < 1.29 is 23.7 Å². The van der Waals surface area contributed by atoms with E-state index >= 15 is 0 Å². The van der Waals surface area contributed by atoms with Crippen molar-refractivity contribution in [2.24, 2.45) is 9.39 Å². The van der Waals surface area contributed by atoms with E-state index in [1.54, 1.807) is 23.1 Å². The number of amides is 1. The second-order valence-electron chi connectivity index (χ2n) is 7.61. The first-order chi connectivity index (χ1) is 17.4. The van der Waals surface area contributed by atoms with E-state index in [-0.39, 0.29) is 18.0 Å². The number of amidine groups is 3. The number of thioether (sulfide) groups is 1. The third-order valence-electron chi connectivity index (χ3n) is 5.15. The molecule has 2 aromatic carbocycles. The number of rotatable bonds is 9. The average Bonchev–Trinajstić information content (AvgIpc) is 3.27. The number of fused-ring (bicyclic) bond motifs is 1. The summed E-state index contributed by atoms with van der Waals surface area (Å²) in [5.41, 5.74) is 1.87. The molecule has 0 aliphatic carbocycles. The first kappa shape index (κ1) is 25.6. The fraction of sp³-hybridized carbons (Fsp3) is 0.280. The van der Waals surface area contributed by atoms with Gasteiger partial charge in [0.05, 0.1) is 31.7 Å². The maximum Gasteiger partial charge on any atom is 0.283 e. The van der Waals surface area contributed by atoms with Gasteiger partial charge in [0.2, 0.25) is 10.9 Å². The SMILES string of the molecule is CCSC1=NSC2=NC(=O)/C(=C\c3cc(OC)c(OCCOc4cccc(C)c4)c(OC)c3)C(=N)N12. The van der Waals surface area contributed by atoms with E-state index in [0.29, 0.717) is 39.8 Å². The summed E-state index contributed by atoms with van der Waals surface area (Å²) >= 11 is 2.59. The zero-order valence-corrected chi connectivity index (χ0v) is 22.0. The predicted octanol–water partition coefficient (Wildman–Crippen LogP) is 4.80. The Bertz CT molecular complexity index is 1250. The van der Waals surface area contributed by atoms with Gasteiger partial charge < -0.3 is 18.9 Å². The normalized spacial score (nSPS) is 16.0. The zero-order chi connectivity index (χ0) is 25.7. The molecular weight excluding hydrogens is 500 g/mol. The van der Waals surface area contributed by atoms with Crippen LogP contribution in [0.5, 0.6) is 23.0 Å². The lowest BCUT2D eigenvalue weighted by Crippen LogP contribution is -2.41. The van der Waals surface area contributed by atoms with Crippen molar-refractivity contribution in [1.29, 1.82) is 5.41 Å². The van der Waals surface area contributed by atoms with Crippen molar-refractivity contribution in [2.75, 3.05) is 33.2 Å². The van der Waals surface area contributed by atoms with Crippen molar-refractivity contribution in [3.8, 4) is 23.0 Å². The van der Waals surface area contributed by atoms with Gasteiger partial charge in [0.25, 0.3) is 5.91 Å². The number of aliphatic imine (C=N–C) groups is 1. The summed E-state index contributed by atoms with van der Waals surface area (Å²) in [7, 11) is 3.05. The molecule has 9 nitrogen and oxygen atoms in total. The fourth-order valence-electron chi connectivity index (χ4n) is 3.52. The molecule has 0 spiro atoms. The smallest absolute Gasteiger partial charge is 0.283 e. The monoisotopic (exact) mass is 526 g/mol. The number of aryl methyl sites for hydroxylation is 1. The first-order valence-corrected chi connectivity index (χ1v) is 12.9. The minimum Gasteiger partial charge on any atom is -0.493 e. The van der Waals surface area contributed by atoms with Crippen LogP contribution in [0, 0.1) is 12.3 Å². The number of methoxy groups -OCH3 is 2. The highest BCUT2D eigenvalue weighted by Gasteiger charge is 2.37. The maximum atomic E-state index is 12.7. The molecule has 188 valence electrons. The minimum atomic E-state index is -0.497. The minimum absolute atomic E-state index is 0.0289. The molecule has 0 atom stereocenters. The molecule has 2 aromatic rings. The van der Waals surface area contributed by atoms with E-state index in [1.807, 2.05) is 38.1 Å². The molecule has 0 fully saturated rings. The molecule has 1 amide bonds. The van der Waals surface area contributed by atoms with Gasteiger partial charge in [-0.2, -0.15) is 9.39 Å². The second kappa shape index (κ2) is 11.5. The third-order valence-corrected chi connectivity index (χ3v) is 6.79. The molecule has 2 heterocycles. The molecule has 0 bridgehead atoms. The number of hydrogen-bond donors (Lipinski definition) is 1. The van der Waals surface area contributed by atoms with Crippen molar-refractivity contribution >= 4 is 51.9 Å². The lowest BCUT2D eigenvalue weighted by Gasteiger charge is -2.24. The number of nitrogens with zero attached hydrogens (tertiary/aromatic N) is 3. The van der Waals surface area contributed by atoms with Crippen LogP contribution in [0.25, 0.3) is 6.08 Å². The Morgan fingerprint density at radius 1 is 1.11 bits per heavy atom. The quantitative estimate of drug-likeness (QED) is 0.282. The summed E-state index contributed by atoms with van der Waals surface area (Å²) in [6, 6.07) is 11.2. The van der Waals surface area contributed by atoms with Crippen LogP contribution in [0.4, 0.5) is 0 Å². The summed E-state index contributed by atoms with van der Waals surface area (Å²) in [6.45, 7) is 4.61. The maximum absolute atomic E-state index is 12.7. The Hall–Kier alpha value is -3.44. The second-order valence-corrected chi connectivity index (χ2v) is 9.57. The Labute approximate surface area is 218 Å². The molecule has 0 saturated heterocycles. The zero-order valence-electron chi connectivity index (χ0n) is 20.4. The van der Waals surface area contributed by atoms with Gasteiger partial charge in [-0.05, 0) is 54.1 Å². The molecule has 4 rings (SSSR count). The molecule has 1 N–H and O–H groups in total. The summed E-state index contributed by atoms with van der Waals surface area (Å²) in [5, 5.41) is 9.67. The van der Waals surface area contributed by atoms with Crippen molar-refractivity contribution in [3.05, 3.63) is 53.1 Å². The number of ether oxygens (including phenoxy) is 4. The summed E-state index contributed by atoms with van der Waals surface area (Å²) in [5.74, 6) is 2.36. The Kier molecular flexibility index (Phi) is 8.21. The van der Waals surface area contributed by atoms with E-state index in [0.717, 1.165) is 29.0 Å². The molecule has 0 saturated carbocycles. The molecule has 36 heavy (non-hydrogen) atoms. The van der Waals surface area contributed by atoms with Crippen LogP contribution in [-0.4, -0.2) is 60.2 Å². The Morgan fingerprint density at radius 3 is 2.50 bits per heavy atom. The van der Waals surface area contributed by atoms with Crippen LogP contribution in [0.2, 0.25) is 0 Å². The van der Waals surface area contributed by atoms with Crippen LogP contribution in [0.3, 0.4) is 0 Å². The fourth-order valence-corrected chi connectivity index (χ4v) is 5.09. The van der Waals surface area contributed by atoms with Gasteiger partial charge in [-0.25, -0.2) is 4.90 Å². The average molecular weight is 527 g/mol. The van der Waals surface area contributed by atoms with Gasteiger partial charge in [0, 0.05) is 0 Å². The molecule has 0 unspecified atom stereocenters. The standard InChI is InChI=1S/C25H26N4O5S2/c1-5-35-25-28-36-24-27-23(30)18(22(26)29(24)25)12-16-13-19(31-3)21(20(14-16)32-4)34-10-9-33-17-8-6-7-15(2)11-17/h6-8,11-14,26H,5,9-10H2,1-4H3/b18-12-,26-22?. The van der Waals surface area contributed by atoms with Gasteiger partial charge >= 0.3 is 0 Å². The summed E-state index contributed by atoms with van der Waals surface area (Å²) in [4.78, 5) is 18.4. The molecule has 0 radical (unpaired) electrons. The van der Waals surface area contributed by atoms with Gasteiger partial charge in [-0.1, -0.05) is 30.8 Å². The highest BCUT2D eigenvalue weighted by molar-refractivity contribution is 8.19. The number of hydrogen-bond acceptors (Lipinski definition) is 9. The van der Waals surface area contributed by atoms with E-state index in [9.17, 15) is 4.79 Å². The summed E-state index contributed by atoms with van der Waals surface area (Å²) < 4.78 is 27.1. The largest absolute Gasteiger partial charge is 0.493 e. The van der Waals surface area contributed by atoms with Crippen molar-refractivity contribution in [1.82, 2.24) is 4.90 Å². The van der Waals surface area contributed by atoms with Crippen LogP contribution >= 0.6 is 23.7 Å². The van der Waals surface area contributed by atoms with E-state index in [2.05, 4.69) is 9.39 Å². The summed E-state index contributed by atoms with van der Waals surface area (Å²) in [6.07, 6.45) is 1.60. The molecular formula is C25H26N4O5S2.